The Balaban J connectivity index is 1.45. The quantitative estimate of drug-likeness (QED) is 0.239. The molecule has 198 valence electrons. The van der Waals surface area contributed by atoms with E-state index in [4.69, 9.17) is 9.40 Å². The number of oxazole rings is 1. The molecular formula is C32H25N3O5. The first-order valence-corrected chi connectivity index (χ1v) is 12.9. The highest BCUT2D eigenvalue weighted by atomic mass is 16.4. The summed E-state index contributed by atoms with van der Waals surface area (Å²) in [6, 6.07) is 25.1. The van der Waals surface area contributed by atoms with Gasteiger partial charge in [-0.3, -0.25) is 9.59 Å². The minimum absolute atomic E-state index is 0.0553. The molecule has 1 N–H and O–H groups in total. The number of rotatable bonds is 7. The van der Waals surface area contributed by atoms with Crippen LogP contribution < -0.4 is 9.80 Å². The van der Waals surface area contributed by atoms with Crippen molar-refractivity contribution in [2.45, 2.75) is 13.3 Å². The highest BCUT2D eigenvalue weighted by molar-refractivity contribution is 6.34. The van der Waals surface area contributed by atoms with E-state index in [1.807, 2.05) is 61.6 Å². The van der Waals surface area contributed by atoms with E-state index in [0.717, 1.165) is 34.7 Å². The van der Waals surface area contributed by atoms with Crippen LogP contribution in [0.4, 0.5) is 11.4 Å². The predicted octanol–water partition coefficient (Wildman–Crippen LogP) is 6.51. The van der Waals surface area contributed by atoms with Crippen molar-refractivity contribution in [1.82, 2.24) is 4.98 Å². The molecule has 40 heavy (non-hydrogen) atoms. The second-order valence-corrected chi connectivity index (χ2v) is 9.70. The van der Waals surface area contributed by atoms with E-state index >= 15 is 0 Å². The van der Waals surface area contributed by atoms with E-state index in [0.29, 0.717) is 28.2 Å². The van der Waals surface area contributed by atoms with Gasteiger partial charge in [0.2, 0.25) is 5.89 Å². The van der Waals surface area contributed by atoms with E-state index in [1.54, 1.807) is 12.1 Å². The van der Waals surface area contributed by atoms with Gasteiger partial charge in [-0.05, 0) is 66.1 Å². The van der Waals surface area contributed by atoms with Gasteiger partial charge in [0.15, 0.2) is 5.58 Å². The lowest BCUT2D eigenvalue weighted by Gasteiger charge is -2.23. The Morgan fingerprint density at radius 3 is 2.40 bits per heavy atom. The fourth-order valence-corrected chi connectivity index (χ4v) is 5.08. The first kappa shape index (κ1) is 25.1. The molecule has 0 saturated heterocycles. The Bertz CT molecular complexity index is 1810. The molecule has 1 aromatic heterocycles. The molecule has 0 unspecified atom stereocenters. The van der Waals surface area contributed by atoms with Gasteiger partial charge in [-0.25, -0.2) is 14.7 Å². The lowest BCUT2D eigenvalue weighted by Crippen LogP contribution is -2.29. The zero-order chi connectivity index (χ0) is 28.0. The molecule has 8 heteroatoms. The van der Waals surface area contributed by atoms with E-state index in [9.17, 15) is 19.5 Å². The molecule has 0 atom stereocenters. The molecule has 2 amide bonds. The van der Waals surface area contributed by atoms with E-state index in [-0.39, 0.29) is 16.7 Å². The van der Waals surface area contributed by atoms with Gasteiger partial charge in [-0.15, -0.1) is 0 Å². The Morgan fingerprint density at radius 1 is 0.875 bits per heavy atom. The molecule has 1 aliphatic heterocycles. The van der Waals surface area contributed by atoms with Gasteiger partial charge in [-0.1, -0.05) is 43.3 Å². The van der Waals surface area contributed by atoms with Gasteiger partial charge < -0.3 is 14.4 Å². The summed E-state index contributed by atoms with van der Waals surface area (Å²) < 4.78 is 6.20. The number of anilines is 2. The average molecular weight is 532 g/mol. The summed E-state index contributed by atoms with van der Waals surface area (Å²) in [7, 11) is 1.97. The molecule has 0 saturated carbocycles. The fourth-order valence-electron chi connectivity index (χ4n) is 5.08. The van der Waals surface area contributed by atoms with Gasteiger partial charge >= 0.3 is 5.97 Å². The predicted molar refractivity (Wildman–Crippen MR) is 153 cm³/mol. The summed E-state index contributed by atoms with van der Waals surface area (Å²) in [5.74, 6) is -1.89. The maximum absolute atomic E-state index is 13.3. The number of benzene rings is 4. The van der Waals surface area contributed by atoms with Crippen LogP contribution in [0.25, 0.3) is 33.7 Å². The topological polar surface area (TPSA) is 104 Å². The van der Waals surface area contributed by atoms with Gasteiger partial charge in [0.1, 0.15) is 5.52 Å². The number of hydrogen-bond donors (Lipinski definition) is 1. The summed E-state index contributed by atoms with van der Waals surface area (Å²) in [5, 5.41) is 9.35. The molecule has 6 rings (SSSR count). The number of carboxylic acids is 1. The maximum atomic E-state index is 13.3. The number of imide groups is 1. The molecule has 0 bridgehead atoms. The minimum Gasteiger partial charge on any atom is -0.478 e. The van der Waals surface area contributed by atoms with E-state index < -0.39 is 17.8 Å². The number of hydrogen-bond acceptors (Lipinski definition) is 6. The smallest absolute Gasteiger partial charge is 0.335 e. The number of nitrogens with zero attached hydrogens (tertiary/aromatic N) is 3. The molecule has 0 spiro atoms. The van der Waals surface area contributed by atoms with Crippen LogP contribution in [-0.2, 0) is 0 Å². The second-order valence-electron chi connectivity index (χ2n) is 9.70. The number of aromatic nitrogens is 1. The van der Waals surface area contributed by atoms with Crippen molar-refractivity contribution in [3.63, 3.8) is 0 Å². The zero-order valence-corrected chi connectivity index (χ0v) is 21.9. The molecular weight excluding hydrogens is 506 g/mol. The summed E-state index contributed by atoms with van der Waals surface area (Å²) in [4.78, 5) is 46.0. The Morgan fingerprint density at radius 2 is 1.65 bits per heavy atom. The maximum Gasteiger partial charge on any atom is 0.335 e. The van der Waals surface area contributed by atoms with Crippen molar-refractivity contribution in [3.05, 3.63) is 102 Å². The van der Waals surface area contributed by atoms with Crippen LogP contribution in [0.1, 0.15) is 44.4 Å². The lowest BCUT2D eigenvalue weighted by atomic mass is 10.1. The van der Waals surface area contributed by atoms with Crippen molar-refractivity contribution in [1.29, 1.82) is 0 Å². The summed E-state index contributed by atoms with van der Waals surface area (Å²) in [6.45, 7) is 2.86. The van der Waals surface area contributed by atoms with Gasteiger partial charge in [0, 0.05) is 19.3 Å². The summed E-state index contributed by atoms with van der Waals surface area (Å²) >= 11 is 0. The lowest BCUT2D eigenvalue weighted by molar-refractivity contribution is 0.0696. The molecule has 5 aromatic rings. The van der Waals surface area contributed by atoms with E-state index in [1.165, 1.54) is 18.2 Å². The first-order valence-electron chi connectivity index (χ1n) is 12.9. The number of carbonyl (C=O) groups is 3. The Labute approximate surface area is 230 Å². The van der Waals surface area contributed by atoms with Crippen LogP contribution in [0.2, 0.25) is 0 Å². The number of carbonyl (C=O) groups excluding carboxylic acids is 2. The second kappa shape index (κ2) is 9.81. The third-order valence-electron chi connectivity index (χ3n) is 7.07. The van der Waals surface area contributed by atoms with Crippen LogP contribution in [-0.4, -0.2) is 41.5 Å². The third kappa shape index (κ3) is 4.19. The summed E-state index contributed by atoms with van der Waals surface area (Å²) in [6.07, 6.45) is 0.913. The molecule has 4 aromatic carbocycles. The van der Waals surface area contributed by atoms with Crippen LogP contribution in [0.5, 0.6) is 0 Å². The molecule has 0 aliphatic carbocycles. The average Bonchev–Trinajstić information content (AvgIpc) is 3.51. The van der Waals surface area contributed by atoms with Gasteiger partial charge in [0.05, 0.1) is 27.9 Å². The van der Waals surface area contributed by atoms with Gasteiger partial charge in [0.25, 0.3) is 11.8 Å². The van der Waals surface area contributed by atoms with Gasteiger partial charge in [-0.2, -0.15) is 0 Å². The highest BCUT2D eigenvalue weighted by Gasteiger charge is 2.37. The normalized spacial score (nSPS) is 12.7. The largest absolute Gasteiger partial charge is 0.478 e. The third-order valence-corrected chi connectivity index (χ3v) is 7.07. The van der Waals surface area contributed by atoms with Crippen molar-refractivity contribution in [2.75, 3.05) is 23.4 Å². The standard InChI is InChI=1S/C32H25N3O5/c1-3-15-34(2)27-13-11-22(35-30(36)23-12-9-21(32(38)39)16-24(23)31(35)37)18-25(27)29-33-26-17-20(10-14-28(26)40-29)19-7-5-4-6-8-19/h4-14,16-18H,3,15H2,1-2H3,(H,38,39). The number of aromatic carboxylic acids is 1. The van der Waals surface area contributed by atoms with Crippen molar-refractivity contribution in [3.8, 4) is 22.6 Å². The Hall–Kier alpha value is -5.24. The number of amides is 2. The minimum atomic E-state index is -1.17. The fraction of sp³-hybridized carbons (Fsp3) is 0.125. The van der Waals surface area contributed by atoms with Crippen molar-refractivity contribution < 1.29 is 23.9 Å². The van der Waals surface area contributed by atoms with Crippen molar-refractivity contribution in [2.24, 2.45) is 0 Å². The highest BCUT2D eigenvalue weighted by Crippen LogP contribution is 2.38. The van der Waals surface area contributed by atoms with Crippen LogP contribution in [0, 0.1) is 0 Å². The number of fused-ring (bicyclic) bond motifs is 2. The zero-order valence-electron chi connectivity index (χ0n) is 21.9. The molecule has 8 nitrogen and oxygen atoms in total. The SMILES string of the molecule is CCCN(C)c1ccc(N2C(=O)c3ccc(C(=O)O)cc3C2=O)cc1-c1nc2cc(-c3ccccc3)ccc2o1. The summed E-state index contributed by atoms with van der Waals surface area (Å²) in [5.41, 5.74) is 5.37. The van der Waals surface area contributed by atoms with Crippen LogP contribution >= 0.6 is 0 Å². The van der Waals surface area contributed by atoms with Crippen LogP contribution in [0.15, 0.2) is 89.3 Å². The first-order chi connectivity index (χ1) is 19.4. The Kier molecular flexibility index (Phi) is 6.15. The molecule has 0 fully saturated rings. The van der Waals surface area contributed by atoms with Crippen molar-refractivity contribution >= 4 is 40.3 Å². The van der Waals surface area contributed by atoms with Crippen LogP contribution in [0.3, 0.4) is 0 Å². The molecule has 1 aliphatic rings. The molecule has 2 heterocycles. The van der Waals surface area contributed by atoms with E-state index in [2.05, 4.69) is 11.8 Å². The monoisotopic (exact) mass is 531 g/mol. The number of carboxylic acid groups (broad SMARTS) is 1. The molecule has 0 radical (unpaired) electrons.